The zero-order valence-corrected chi connectivity index (χ0v) is 16.2. The van der Waals surface area contributed by atoms with Gasteiger partial charge in [-0.2, -0.15) is 4.98 Å². The number of benzene rings is 2. The molecule has 0 radical (unpaired) electrons. The molecule has 0 aliphatic carbocycles. The van der Waals surface area contributed by atoms with E-state index >= 15 is 0 Å². The van der Waals surface area contributed by atoms with Crippen LogP contribution in [0.15, 0.2) is 54.6 Å². The molecule has 1 aromatic heterocycles. The molecule has 3 N–H and O–H groups in total. The van der Waals surface area contributed by atoms with Crippen molar-refractivity contribution in [3.05, 3.63) is 65.4 Å². The minimum absolute atomic E-state index is 0.337. The van der Waals surface area contributed by atoms with Crippen LogP contribution in [0.25, 0.3) is 0 Å². The van der Waals surface area contributed by atoms with Crippen molar-refractivity contribution in [2.75, 3.05) is 22.6 Å². The van der Waals surface area contributed by atoms with Crippen molar-refractivity contribution >= 4 is 40.5 Å². The number of nitrogens with one attached hydrogen (secondary N) is 3. The van der Waals surface area contributed by atoms with Gasteiger partial charge in [-0.25, -0.2) is 9.78 Å². The van der Waals surface area contributed by atoms with Crippen molar-refractivity contribution in [1.82, 2.24) is 9.97 Å². The molecule has 0 saturated carbocycles. The summed E-state index contributed by atoms with van der Waals surface area (Å²) in [6, 6.07) is 15.6. The third kappa shape index (κ3) is 5.59. The Kier molecular flexibility index (Phi) is 6.29. The number of aryl methyl sites for hydroxylation is 1. The Morgan fingerprint density at radius 2 is 1.54 bits per heavy atom. The van der Waals surface area contributed by atoms with E-state index in [9.17, 15) is 4.79 Å². The fourth-order valence-corrected chi connectivity index (χ4v) is 2.56. The summed E-state index contributed by atoms with van der Waals surface area (Å²) in [5, 5.41) is 9.33. The third-order valence-electron chi connectivity index (χ3n) is 3.62. The zero-order chi connectivity index (χ0) is 19.9. The van der Waals surface area contributed by atoms with Crippen LogP contribution in [0.1, 0.15) is 12.7 Å². The minimum Gasteiger partial charge on any atom is -0.478 e. The van der Waals surface area contributed by atoms with Crippen molar-refractivity contribution in [3.8, 4) is 5.88 Å². The van der Waals surface area contributed by atoms with Gasteiger partial charge in [0.1, 0.15) is 11.6 Å². The Morgan fingerprint density at radius 1 is 0.964 bits per heavy atom. The predicted octanol–water partition coefficient (Wildman–Crippen LogP) is 5.22. The summed E-state index contributed by atoms with van der Waals surface area (Å²) in [6.07, 6.45) is 0. The Hall–Kier alpha value is -3.32. The van der Waals surface area contributed by atoms with Crippen LogP contribution < -0.4 is 20.7 Å². The van der Waals surface area contributed by atoms with E-state index in [1.807, 2.05) is 19.1 Å². The lowest BCUT2D eigenvalue weighted by Gasteiger charge is -2.10. The molecular formula is C20H20ClN5O2. The normalized spacial score (nSPS) is 10.2. The molecule has 0 atom stereocenters. The first-order valence-electron chi connectivity index (χ1n) is 8.71. The second-order valence-electron chi connectivity index (χ2n) is 5.86. The van der Waals surface area contributed by atoms with Gasteiger partial charge in [0.25, 0.3) is 0 Å². The summed E-state index contributed by atoms with van der Waals surface area (Å²) < 4.78 is 5.43. The Labute approximate surface area is 168 Å². The van der Waals surface area contributed by atoms with Gasteiger partial charge in [-0.15, -0.1) is 0 Å². The number of anilines is 4. The number of hydrogen-bond donors (Lipinski definition) is 3. The van der Waals surface area contributed by atoms with Gasteiger partial charge >= 0.3 is 6.03 Å². The molecule has 3 rings (SSSR count). The highest BCUT2D eigenvalue weighted by Crippen LogP contribution is 2.21. The molecule has 8 heteroatoms. The van der Waals surface area contributed by atoms with Gasteiger partial charge in [0, 0.05) is 28.2 Å². The average molecular weight is 398 g/mol. The number of halogens is 1. The molecule has 0 unspecified atom stereocenters. The van der Waals surface area contributed by atoms with E-state index in [4.69, 9.17) is 16.3 Å². The first-order chi connectivity index (χ1) is 13.5. The zero-order valence-electron chi connectivity index (χ0n) is 15.5. The van der Waals surface area contributed by atoms with Crippen LogP contribution in [-0.4, -0.2) is 22.6 Å². The summed E-state index contributed by atoms with van der Waals surface area (Å²) in [7, 11) is 0. The molecule has 0 saturated heterocycles. The smallest absolute Gasteiger partial charge is 0.323 e. The Bertz CT molecular complexity index is 946. The molecule has 0 fully saturated rings. The quantitative estimate of drug-likeness (QED) is 0.530. The standard InChI is InChI=1S/C20H20ClN5O2/c1-3-28-19-12-18(22-13(2)23-19)24-15-8-10-17(11-9-15)26-20(27)25-16-6-4-14(21)5-7-16/h4-12H,3H2,1-2H3,(H,22,23,24)(H2,25,26,27). The average Bonchev–Trinajstić information content (AvgIpc) is 2.65. The van der Waals surface area contributed by atoms with E-state index in [0.29, 0.717) is 40.5 Å². The first kappa shape index (κ1) is 19.4. The van der Waals surface area contributed by atoms with Crippen molar-refractivity contribution in [2.24, 2.45) is 0 Å². The largest absolute Gasteiger partial charge is 0.478 e. The van der Waals surface area contributed by atoms with Gasteiger partial charge in [-0.05, 0) is 62.4 Å². The van der Waals surface area contributed by atoms with Crippen LogP contribution in [0.4, 0.5) is 27.7 Å². The highest BCUT2D eigenvalue weighted by molar-refractivity contribution is 6.30. The molecule has 0 aliphatic rings. The Balaban J connectivity index is 1.60. The molecule has 28 heavy (non-hydrogen) atoms. The lowest BCUT2D eigenvalue weighted by Crippen LogP contribution is -2.19. The molecule has 2 amide bonds. The van der Waals surface area contributed by atoms with Gasteiger partial charge in [-0.1, -0.05) is 11.6 Å². The van der Waals surface area contributed by atoms with Gasteiger partial charge in [0.2, 0.25) is 5.88 Å². The van der Waals surface area contributed by atoms with Gasteiger partial charge in [-0.3, -0.25) is 0 Å². The van der Waals surface area contributed by atoms with Crippen molar-refractivity contribution in [1.29, 1.82) is 0 Å². The second-order valence-corrected chi connectivity index (χ2v) is 6.30. The molecule has 7 nitrogen and oxygen atoms in total. The highest BCUT2D eigenvalue weighted by Gasteiger charge is 2.05. The number of urea groups is 1. The molecule has 1 heterocycles. The van der Waals surface area contributed by atoms with E-state index < -0.39 is 0 Å². The maximum atomic E-state index is 12.1. The monoisotopic (exact) mass is 397 g/mol. The molecule has 0 bridgehead atoms. The molecule has 0 spiro atoms. The summed E-state index contributed by atoms with van der Waals surface area (Å²) >= 11 is 5.83. The number of carbonyl (C=O) groups is 1. The maximum Gasteiger partial charge on any atom is 0.323 e. The molecule has 3 aromatic rings. The molecular weight excluding hydrogens is 378 g/mol. The molecule has 2 aromatic carbocycles. The first-order valence-corrected chi connectivity index (χ1v) is 9.09. The van der Waals surface area contributed by atoms with E-state index in [1.165, 1.54) is 0 Å². The van der Waals surface area contributed by atoms with Crippen molar-refractivity contribution < 1.29 is 9.53 Å². The van der Waals surface area contributed by atoms with Gasteiger partial charge in [0.15, 0.2) is 0 Å². The van der Waals surface area contributed by atoms with Crippen LogP contribution in [0.5, 0.6) is 5.88 Å². The molecule has 144 valence electrons. The van der Waals surface area contributed by atoms with Crippen molar-refractivity contribution in [3.63, 3.8) is 0 Å². The third-order valence-corrected chi connectivity index (χ3v) is 3.88. The van der Waals surface area contributed by atoms with E-state index in [-0.39, 0.29) is 6.03 Å². The topological polar surface area (TPSA) is 88.2 Å². The predicted molar refractivity (Wildman–Crippen MR) is 112 cm³/mol. The minimum atomic E-state index is -0.337. The number of amides is 2. The highest BCUT2D eigenvalue weighted by atomic mass is 35.5. The Morgan fingerprint density at radius 3 is 2.14 bits per heavy atom. The van der Waals surface area contributed by atoms with E-state index in [0.717, 1.165) is 5.69 Å². The van der Waals surface area contributed by atoms with E-state index in [1.54, 1.807) is 49.4 Å². The van der Waals surface area contributed by atoms with Crippen LogP contribution in [-0.2, 0) is 0 Å². The van der Waals surface area contributed by atoms with Gasteiger partial charge in [0.05, 0.1) is 6.61 Å². The van der Waals surface area contributed by atoms with Gasteiger partial charge < -0.3 is 20.7 Å². The summed E-state index contributed by atoms with van der Waals surface area (Å²) in [6.45, 7) is 4.24. The maximum absolute atomic E-state index is 12.1. The number of nitrogens with zero attached hydrogens (tertiary/aromatic N) is 2. The fourth-order valence-electron chi connectivity index (χ4n) is 2.44. The number of aromatic nitrogens is 2. The van der Waals surface area contributed by atoms with Crippen LogP contribution in [0.3, 0.4) is 0 Å². The lowest BCUT2D eigenvalue weighted by atomic mass is 10.2. The van der Waals surface area contributed by atoms with Crippen LogP contribution >= 0.6 is 11.6 Å². The van der Waals surface area contributed by atoms with E-state index in [2.05, 4.69) is 25.9 Å². The molecule has 0 aliphatic heterocycles. The van der Waals surface area contributed by atoms with Crippen LogP contribution in [0, 0.1) is 6.92 Å². The van der Waals surface area contributed by atoms with Crippen molar-refractivity contribution in [2.45, 2.75) is 13.8 Å². The SMILES string of the molecule is CCOc1cc(Nc2ccc(NC(=O)Nc3ccc(Cl)cc3)cc2)nc(C)n1. The number of ether oxygens (including phenoxy) is 1. The summed E-state index contributed by atoms with van der Waals surface area (Å²) in [4.78, 5) is 20.6. The number of carbonyl (C=O) groups excluding carboxylic acids is 1. The number of rotatable bonds is 6. The lowest BCUT2D eigenvalue weighted by molar-refractivity contribution is 0.262. The van der Waals surface area contributed by atoms with Crippen LogP contribution in [0.2, 0.25) is 5.02 Å². The summed E-state index contributed by atoms with van der Waals surface area (Å²) in [5.74, 6) is 1.78. The summed E-state index contributed by atoms with van der Waals surface area (Å²) in [5.41, 5.74) is 2.14. The fraction of sp³-hybridized carbons (Fsp3) is 0.150. The second kappa shape index (κ2) is 9.05. The number of hydrogen-bond acceptors (Lipinski definition) is 5.